The Morgan fingerprint density at radius 2 is 2.00 bits per heavy atom. The first kappa shape index (κ1) is 10.2. The minimum Gasteiger partial charge on any atom is -0.394 e. The van der Waals surface area contributed by atoms with Gasteiger partial charge >= 0.3 is 0 Å². The van der Waals surface area contributed by atoms with E-state index in [-0.39, 0.29) is 5.56 Å². The van der Waals surface area contributed by atoms with E-state index in [4.69, 9.17) is 5.73 Å². The third-order valence-electron chi connectivity index (χ3n) is 2.91. The lowest BCUT2D eigenvalue weighted by atomic mass is 10.4. The Hall–Kier alpha value is -1.29. The highest BCUT2D eigenvalue weighted by atomic mass is 16.1. The summed E-state index contributed by atoms with van der Waals surface area (Å²) in [7, 11) is 0. The van der Waals surface area contributed by atoms with Gasteiger partial charge in [0.15, 0.2) is 0 Å². The molecule has 0 unspecified atom stereocenters. The van der Waals surface area contributed by atoms with Gasteiger partial charge in [0, 0.05) is 19.3 Å². The zero-order valence-corrected chi connectivity index (χ0v) is 8.85. The number of pyridine rings is 1. The van der Waals surface area contributed by atoms with Crippen LogP contribution in [0.5, 0.6) is 0 Å². The fourth-order valence-corrected chi connectivity index (χ4v) is 1.99. The first-order chi connectivity index (χ1) is 7.27. The Kier molecular flexibility index (Phi) is 3.06. The summed E-state index contributed by atoms with van der Waals surface area (Å²) < 4.78 is 1.69. The SMILES string of the molecule is Nc1cccn(CCN2CCCC2)c1=O. The third-order valence-corrected chi connectivity index (χ3v) is 2.91. The zero-order chi connectivity index (χ0) is 10.7. The predicted octanol–water partition coefficient (Wildman–Crippen LogP) is 0.526. The minimum atomic E-state index is -0.0725. The van der Waals surface area contributed by atoms with Gasteiger partial charge < -0.3 is 15.2 Å². The van der Waals surface area contributed by atoms with Crippen molar-refractivity contribution in [1.82, 2.24) is 9.47 Å². The number of anilines is 1. The zero-order valence-electron chi connectivity index (χ0n) is 8.85. The monoisotopic (exact) mass is 207 g/mol. The van der Waals surface area contributed by atoms with Crippen molar-refractivity contribution in [3.05, 3.63) is 28.7 Å². The molecule has 4 heteroatoms. The Labute approximate surface area is 89.3 Å². The maximum atomic E-state index is 11.6. The summed E-state index contributed by atoms with van der Waals surface area (Å²) in [4.78, 5) is 14.0. The topological polar surface area (TPSA) is 51.3 Å². The van der Waals surface area contributed by atoms with Gasteiger partial charge in [-0.2, -0.15) is 0 Å². The van der Waals surface area contributed by atoms with Crippen LogP contribution >= 0.6 is 0 Å². The molecular weight excluding hydrogens is 190 g/mol. The van der Waals surface area contributed by atoms with Crippen LogP contribution in [0, 0.1) is 0 Å². The van der Waals surface area contributed by atoms with E-state index in [1.165, 1.54) is 12.8 Å². The molecule has 0 bridgehead atoms. The van der Waals surface area contributed by atoms with E-state index < -0.39 is 0 Å². The molecule has 0 aliphatic carbocycles. The molecule has 1 fully saturated rings. The van der Waals surface area contributed by atoms with Crippen LogP contribution < -0.4 is 11.3 Å². The molecule has 2 rings (SSSR count). The van der Waals surface area contributed by atoms with Crippen LogP contribution in [0.4, 0.5) is 5.69 Å². The summed E-state index contributed by atoms with van der Waals surface area (Å²) in [6, 6.07) is 3.47. The van der Waals surface area contributed by atoms with E-state index in [9.17, 15) is 4.79 Å². The molecule has 0 saturated carbocycles. The summed E-state index contributed by atoms with van der Waals surface area (Å²) in [5.41, 5.74) is 5.82. The second-order valence-corrected chi connectivity index (χ2v) is 4.01. The van der Waals surface area contributed by atoms with Crippen molar-refractivity contribution >= 4 is 5.69 Å². The van der Waals surface area contributed by atoms with Crippen LogP contribution in [0.25, 0.3) is 0 Å². The van der Waals surface area contributed by atoms with Gasteiger partial charge in [-0.3, -0.25) is 4.79 Å². The van der Waals surface area contributed by atoms with Crippen molar-refractivity contribution < 1.29 is 0 Å². The number of aromatic nitrogens is 1. The Morgan fingerprint density at radius 3 is 2.73 bits per heavy atom. The maximum absolute atomic E-state index is 11.6. The van der Waals surface area contributed by atoms with Gasteiger partial charge in [-0.25, -0.2) is 0 Å². The summed E-state index contributed by atoms with van der Waals surface area (Å²) in [6.07, 6.45) is 4.37. The van der Waals surface area contributed by atoms with Crippen molar-refractivity contribution in [3.63, 3.8) is 0 Å². The number of hydrogen-bond acceptors (Lipinski definition) is 3. The fourth-order valence-electron chi connectivity index (χ4n) is 1.99. The van der Waals surface area contributed by atoms with E-state index in [2.05, 4.69) is 4.90 Å². The summed E-state index contributed by atoms with van der Waals surface area (Å²) in [5.74, 6) is 0. The van der Waals surface area contributed by atoms with Crippen molar-refractivity contribution in [3.8, 4) is 0 Å². The first-order valence-corrected chi connectivity index (χ1v) is 5.44. The van der Waals surface area contributed by atoms with Gasteiger partial charge in [-0.1, -0.05) is 0 Å². The van der Waals surface area contributed by atoms with Gasteiger partial charge in [0.05, 0.1) is 5.69 Å². The second kappa shape index (κ2) is 4.49. The lowest BCUT2D eigenvalue weighted by Gasteiger charge is -2.15. The molecule has 1 saturated heterocycles. The highest BCUT2D eigenvalue weighted by Gasteiger charge is 2.11. The predicted molar refractivity (Wildman–Crippen MR) is 60.8 cm³/mol. The van der Waals surface area contributed by atoms with Crippen LogP contribution in [-0.2, 0) is 6.54 Å². The summed E-state index contributed by atoms with van der Waals surface area (Å²) >= 11 is 0. The number of likely N-dealkylation sites (tertiary alicyclic amines) is 1. The highest BCUT2D eigenvalue weighted by molar-refractivity contribution is 5.33. The molecule has 0 radical (unpaired) electrons. The summed E-state index contributed by atoms with van der Waals surface area (Å²) in [5, 5.41) is 0. The average Bonchev–Trinajstić information content (AvgIpc) is 2.73. The average molecular weight is 207 g/mol. The van der Waals surface area contributed by atoms with Crippen LogP contribution in [0.1, 0.15) is 12.8 Å². The van der Waals surface area contributed by atoms with Gasteiger partial charge in [-0.05, 0) is 38.1 Å². The lowest BCUT2D eigenvalue weighted by molar-refractivity contribution is 0.321. The first-order valence-electron chi connectivity index (χ1n) is 5.44. The van der Waals surface area contributed by atoms with Gasteiger partial charge in [-0.15, -0.1) is 0 Å². The van der Waals surface area contributed by atoms with Crippen LogP contribution in [-0.4, -0.2) is 29.1 Å². The third kappa shape index (κ3) is 2.39. The van der Waals surface area contributed by atoms with Crippen LogP contribution in [0.2, 0.25) is 0 Å². The second-order valence-electron chi connectivity index (χ2n) is 4.01. The fraction of sp³-hybridized carbons (Fsp3) is 0.545. The largest absolute Gasteiger partial charge is 0.394 e. The Balaban J connectivity index is 1.98. The van der Waals surface area contributed by atoms with Crippen LogP contribution in [0.3, 0.4) is 0 Å². The molecule has 0 aromatic carbocycles. The molecule has 4 nitrogen and oxygen atoms in total. The van der Waals surface area contributed by atoms with E-state index in [1.807, 2.05) is 6.07 Å². The summed E-state index contributed by atoms with van der Waals surface area (Å²) in [6.45, 7) is 4.02. The Morgan fingerprint density at radius 1 is 1.27 bits per heavy atom. The molecule has 2 N–H and O–H groups in total. The molecular formula is C11H17N3O. The van der Waals surface area contributed by atoms with E-state index in [1.54, 1.807) is 16.8 Å². The van der Waals surface area contributed by atoms with Gasteiger partial charge in [0.1, 0.15) is 0 Å². The Bertz CT molecular complexity index is 380. The molecule has 1 aliphatic heterocycles. The lowest BCUT2D eigenvalue weighted by Crippen LogP contribution is -2.29. The maximum Gasteiger partial charge on any atom is 0.273 e. The highest BCUT2D eigenvalue weighted by Crippen LogP contribution is 2.06. The molecule has 1 aromatic rings. The van der Waals surface area contributed by atoms with E-state index in [0.717, 1.165) is 26.2 Å². The standard InChI is InChI=1S/C11H17N3O/c12-10-4-3-7-14(11(10)15)9-8-13-5-1-2-6-13/h3-4,7H,1-2,5-6,8-9,12H2. The van der Waals surface area contributed by atoms with Crippen molar-refractivity contribution in [2.75, 3.05) is 25.4 Å². The van der Waals surface area contributed by atoms with Crippen molar-refractivity contribution in [2.24, 2.45) is 0 Å². The number of hydrogen-bond donors (Lipinski definition) is 1. The molecule has 0 atom stereocenters. The quantitative estimate of drug-likeness (QED) is 0.786. The smallest absolute Gasteiger partial charge is 0.273 e. The molecule has 0 spiro atoms. The number of rotatable bonds is 3. The molecule has 1 aliphatic rings. The number of nitrogens with two attached hydrogens (primary N) is 1. The molecule has 82 valence electrons. The number of nitrogens with zero attached hydrogens (tertiary/aromatic N) is 2. The minimum absolute atomic E-state index is 0.0725. The molecule has 0 amide bonds. The van der Waals surface area contributed by atoms with Gasteiger partial charge in [0.25, 0.3) is 5.56 Å². The number of nitrogen functional groups attached to an aromatic ring is 1. The van der Waals surface area contributed by atoms with E-state index >= 15 is 0 Å². The molecule has 1 aromatic heterocycles. The van der Waals surface area contributed by atoms with Crippen molar-refractivity contribution in [1.29, 1.82) is 0 Å². The van der Waals surface area contributed by atoms with E-state index in [0.29, 0.717) is 5.69 Å². The van der Waals surface area contributed by atoms with Crippen LogP contribution in [0.15, 0.2) is 23.1 Å². The molecule has 2 heterocycles. The van der Waals surface area contributed by atoms with Gasteiger partial charge in [0.2, 0.25) is 0 Å². The normalized spacial score (nSPS) is 17.1. The van der Waals surface area contributed by atoms with Crippen molar-refractivity contribution in [2.45, 2.75) is 19.4 Å². The molecule has 15 heavy (non-hydrogen) atoms.